The first-order valence-corrected chi connectivity index (χ1v) is 2.57. The Hall–Kier alpha value is -0.630. The first kappa shape index (κ1) is 5.51. The standard InChI is InChI=1S/C5H4ClNO/c6-4-1-5(8)3-7-2-4/h2-3H,1H2. The number of hydrogen-bond donors (Lipinski definition) is 0. The molecular weight excluding hydrogens is 126 g/mol. The molecule has 0 bridgehead atoms. The highest BCUT2D eigenvalue weighted by Crippen LogP contribution is 2.09. The van der Waals surface area contributed by atoms with Gasteiger partial charge in [-0.25, -0.2) is 0 Å². The molecular formula is C5H4ClNO. The fourth-order valence-corrected chi connectivity index (χ4v) is 0.647. The van der Waals surface area contributed by atoms with E-state index in [0.717, 1.165) is 0 Å². The van der Waals surface area contributed by atoms with Crippen molar-refractivity contribution in [2.75, 3.05) is 0 Å². The van der Waals surface area contributed by atoms with Gasteiger partial charge in [0, 0.05) is 17.7 Å². The Morgan fingerprint density at radius 2 is 2.50 bits per heavy atom. The van der Waals surface area contributed by atoms with Crippen molar-refractivity contribution >= 4 is 23.6 Å². The molecule has 0 atom stereocenters. The summed E-state index contributed by atoms with van der Waals surface area (Å²) in [5, 5.41) is 0.512. The maximum atomic E-state index is 10.4. The van der Waals surface area contributed by atoms with Crippen LogP contribution in [0.5, 0.6) is 0 Å². The van der Waals surface area contributed by atoms with Crippen LogP contribution in [-0.4, -0.2) is 12.0 Å². The summed E-state index contributed by atoms with van der Waals surface area (Å²) in [5.41, 5.74) is 0. The number of Topliss-reactive ketones (excluding diaryl/α,β-unsaturated/α-hetero) is 1. The van der Waals surface area contributed by atoms with E-state index in [1.165, 1.54) is 12.4 Å². The molecule has 0 spiro atoms. The molecule has 2 nitrogen and oxygen atoms in total. The average molecular weight is 130 g/mol. The van der Waals surface area contributed by atoms with Crippen molar-refractivity contribution in [3.63, 3.8) is 0 Å². The summed E-state index contributed by atoms with van der Waals surface area (Å²) >= 11 is 5.44. The number of nitrogens with zero attached hydrogens (tertiary/aromatic N) is 1. The summed E-state index contributed by atoms with van der Waals surface area (Å²) in [6.07, 6.45) is 3.06. The van der Waals surface area contributed by atoms with Gasteiger partial charge in [0.2, 0.25) is 0 Å². The van der Waals surface area contributed by atoms with Crippen LogP contribution in [0.15, 0.2) is 16.2 Å². The minimum Gasteiger partial charge on any atom is -0.293 e. The minimum atomic E-state index is -0.0301. The maximum Gasteiger partial charge on any atom is 0.179 e. The number of hydrogen-bond acceptors (Lipinski definition) is 2. The summed E-state index contributed by atoms with van der Waals surface area (Å²) in [6, 6.07) is 0. The van der Waals surface area contributed by atoms with Crippen LogP contribution in [0.3, 0.4) is 0 Å². The Kier molecular flexibility index (Phi) is 1.44. The Balaban J connectivity index is 2.73. The van der Waals surface area contributed by atoms with Crippen molar-refractivity contribution in [1.82, 2.24) is 0 Å². The molecule has 0 saturated carbocycles. The minimum absolute atomic E-state index is 0.0301. The zero-order valence-electron chi connectivity index (χ0n) is 4.10. The van der Waals surface area contributed by atoms with Gasteiger partial charge in [0.1, 0.15) is 0 Å². The van der Waals surface area contributed by atoms with Crippen LogP contribution < -0.4 is 0 Å². The lowest BCUT2D eigenvalue weighted by atomic mass is 10.3. The van der Waals surface area contributed by atoms with Gasteiger partial charge in [-0.05, 0) is 0 Å². The third-order valence-electron chi connectivity index (χ3n) is 0.776. The quantitative estimate of drug-likeness (QED) is 0.482. The summed E-state index contributed by atoms with van der Waals surface area (Å²) < 4.78 is 0. The van der Waals surface area contributed by atoms with E-state index in [0.29, 0.717) is 11.5 Å². The molecule has 3 heteroatoms. The van der Waals surface area contributed by atoms with Gasteiger partial charge in [-0.3, -0.25) is 9.79 Å². The molecule has 0 N–H and O–H groups in total. The molecule has 0 unspecified atom stereocenters. The predicted molar refractivity (Wildman–Crippen MR) is 32.1 cm³/mol. The maximum absolute atomic E-state index is 10.4. The van der Waals surface area contributed by atoms with E-state index < -0.39 is 0 Å². The van der Waals surface area contributed by atoms with Crippen LogP contribution in [-0.2, 0) is 4.79 Å². The predicted octanol–water partition coefficient (Wildman–Crippen LogP) is 1.11. The lowest BCUT2D eigenvalue weighted by molar-refractivity contribution is -0.111. The van der Waals surface area contributed by atoms with E-state index in [1.807, 2.05) is 0 Å². The second kappa shape index (κ2) is 2.09. The van der Waals surface area contributed by atoms with Crippen molar-refractivity contribution in [2.45, 2.75) is 6.42 Å². The van der Waals surface area contributed by atoms with Crippen molar-refractivity contribution < 1.29 is 4.79 Å². The lowest BCUT2D eigenvalue weighted by Gasteiger charge is -1.95. The molecule has 0 aromatic carbocycles. The van der Waals surface area contributed by atoms with Crippen molar-refractivity contribution in [1.29, 1.82) is 0 Å². The summed E-state index contributed by atoms with van der Waals surface area (Å²) in [7, 11) is 0. The molecule has 0 radical (unpaired) electrons. The van der Waals surface area contributed by atoms with Crippen LogP contribution >= 0.6 is 11.6 Å². The molecule has 0 aliphatic carbocycles. The van der Waals surface area contributed by atoms with Gasteiger partial charge in [-0.2, -0.15) is 0 Å². The topological polar surface area (TPSA) is 29.4 Å². The Morgan fingerprint density at radius 1 is 1.75 bits per heavy atom. The third kappa shape index (κ3) is 1.17. The molecule has 1 rings (SSSR count). The largest absolute Gasteiger partial charge is 0.293 e. The van der Waals surface area contributed by atoms with E-state index in [1.54, 1.807) is 0 Å². The van der Waals surface area contributed by atoms with Crippen molar-refractivity contribution in [3.8, 4) is 0 Å². The van der Waals surface area contributed by atoms with Gasteiger partial charge < -0.3 is 0 Å². The first-order chi connectivity index (χ1) is 3.79. The molecule has 0 fully saturated rings. The normalized spacial score (nSPS) is 18.6. The van der Waals surface area contributed by atoms with Crippen LogP contribution in [0.1, 0.15) is 6.42 Å². The Bertz CT molecular complexity index is 171. The molecule has 0 amide bonds. The van der Waals surface area contributed by atoms with E-state index in [9.17, 15) is 4.79 Å². The molecule has 42 valence electrons. The number of rotatable bonds is 0. The molecule has 0 aromatic rings. The molecule has 0 saturated heterocycles. The highest BCUT2D eigenvalue weighted by molar-refractivity contribution is 6.37. The van der Waals surface area contributed by atoms with Crippen LogP contribution in [0.4, 0.5) is 0 Å². The molecule has 8 heavy (non-hydrogen) atoms. The molecule has 1 aliphatic heterocycles. The summed E-state index contributed by atoms with van der Waals surface area (Å²) in [5.74, 6) is -0.0301. The number of carbonyl (C=O) groups is 1. The van der Waals surface area contributed by atoms with Gasteiger partial charge in [0.15, 0.2) is 5.78 Å². The van der Waals surface area contributed by atoms with Gasteiger partial charge in [-0.15, -0.1) is 0 Å². The number of ketones is 1. The van der Waals surface area contributed by atoms with Crippen LogP contribution in [0.2, 0.25) is 0 Å². The second-order valence-electron chi connectivity index (χ2n) is 1.50. The molecule has 1 heterocycles. The van der Waals surface area contributed by atoms with E-state index in [2.05, 4.69) is 4.99 Å². The van der Waals surface area contributed by atoms with E-state index in [4.69, 9.17) is 11.6 Å². The van der Waals surface area contributed by atoms with E-state index >= 15 is 0 Å². The average Bonchev–Trinajstić information content (AvgIpc) is 1.64. The molecule has 0 aromatic heterocycles. The van der Waals surface area contributed by atoms with Crippen molar-refractivity contribution in [2.24, 2.45) is 4.99 Å². The van der Waals surface area contributed by atoms with Crippen LogP contribution in [0, 0.1) is 0 Å². The fraction of sp³-hybridized carbons (Fsp3) is 0.200. The third-order valence-corrected chi connectivity index (χ3v) is 1.01. The smallest absolute Gasteiger partial charge is 0.179 e. The number of aliphatic imine (C=N–C) groups is 1. The SMILES string of the molecule is O=C1C=NC=C(Cl)C1. The van der Waals surface area contributed by atoms with Crippen molar-refractivity contribution in [3.05, 3.63) is 11.2 Å². The Morgan fingerprint density at radius 3 is 2.88 bits per heavy atom. The van der Waals surface area contributed by atoms with Crippen LogP contribution in [0.25, 0.3) is 0 Å². The second-order valence-corrected chi connectivity index (χ2v) is 1.98. The number of halogens is 1. The zero-order valence-corrected chi connectivity index (χ0v) is 4.85. The van der Waals surface area contributed by atoms with E-state index in [-0.39, 0.29) is 5.78 Å². The zero-order chi connectivity index (χ0) is 5.98. The highest BCUT2D eigenvalue weighted by Gasteiger charge is 2.03. The summed E-state index contributed by atoms with van der Waals surface area (Å²) in [4.78, 5) is 14.0. The fourth-order valence-electron chi connectivity index (χ4n) is 0.459. The van der Waals surface area contributed by atoms with Gasteiger partial charge in [0.25, 0.3) is 0 Å². The number of allylic oxidation sites excluding steroid dienone is 1. The number of carbonyl (C=O) groups excluding carboxylic acids is 1. The van der Waals surface area contributed by atoms with Gasteiger partial charge in [0.05, 0.1) is 6.21 Å². The highest BCUT2D eigenvalue weighted by atomic mass is 35.5. The molecule has 1 aliphatic rings. The monoisotopic (exact) mass is 129 g/mol. The van der Waals surface area contributed by atoms with Gasteiger partial charge >= 0.3 is 0 Å². The first-order valence-electron chi connectivity index (χ1n) is 2.19. The lowest BCUT2D eigenvalue weighted by Crippen LogP contribution is -2.01. The Labute approximate surface area is 51.9 Å². The van der Waals surface area contributed by atoms with Gasteiger partial charge in [-0.1, -0.05) is 11.6 Å². The summed E-state index contributed by atoms with van der Waals surface area (Å²) in [6.45, 7) is 0.